The minimum atomic E-state index is -3.26. The fourth-order valence-electron chi connectivity index (χ4n) is 1.33. The molecule has 0 aromatic heterocycles. The van der Waals surface area contributed by atoms with Gasteiger partial charge in [0.1, 0.15) is 5.75 Å². The molecule has 1 N–H and O–H groups in total. The number of methoxy groups -OCH3 is 1. The average molecular weight is 243 g/mol. The van der Waals surface area contributed by atoms with Crippen LogP contribution in [0.4, 0.5) is 5.69 Å². The van der Waals surface area contributed by atoms with Gasteiger partial charge in [-0.15, -0.1) is 0 Å². The van der Waals surface area contributed by atoms with Crippen LogP contribution in [-0.2, 0) is 9.84 Å². The van der Waals surface area contributed by atoms with Crippen LogP contribution in [0.15, 0.2) is 23.1 Å². The highest BCUT2D eigenvalue weighted by atomic mass is 32.2. The van der Waals surface area contributed by atoms with E-state index in [0.717, 1.165) is 0 Å². The Kier molecular flexibility index (Phi) is 3.80. The molecule has 0 fully saturated rings. The van der Waals surface area contributed by atoms with Gasteiger partial charge in [-0.2, -0.15) is 0 Å². The molecule has 0 amide bonds. The lowest BCUT2D eigenvalue weighted by molar-refractivity contribution is 0.414. The quantitative estimate of drug-likeness (QED) is 0.877. The molecule has 5 heteroatoms. The van der Waals surface area contributed by atoms with Crippen LogP contribution in [-0.4, -0.2) is 27.8 Å². The van der Waals surface area contributed by atoms with Crippen molar-refractivity contribution in [3.63, 3.8) is 0 Å². The second kappa shape index (κ2) is 4.74. The highest BCUT2D eigenvalue weighted by Gasteiger charge is 2.22. The Morgan fingerprint density at radius 1 is 1.31 bits per heavy atom. The van der Waals surface area contributed by atoms with E-state index in [1.807, 2.05) is 0 Å². The Bertz CT molecular complexity index is 466. The SMILES string of the molecule is CNc1cc(OC)ccc1S(=O)(=O)C(C)C. The van der Waals surface area contributed by atoms with Crippen molar-refractivity contribution in [2.45, 2.75) is 24.0 Å². The van der Waals surface area contributed by atoms with Crippen molar-refractivity contribution >= 4 is 15.5 Å². The number of hydrogen-bond donors (Lipinski definition) is 1. The van der Waals surface area contributed by atoms with Gasteiger partial charge in [-0.1, -0.05) is 0 Å². The van der Waals surface area contributed by atoms with Crippen LogP contribution >= 0.6 is 0 Å². The van der Waals surface area contributed by atoms with Crippen molar-refractivity contribution in [3.8, 4) is 5.75 Å². The van der Waals surface area contributed by atoms with E-state index in [-0.39, 0.29) is 0 Å². The topological polar surface area (TPSA) is 55.4 Å². The molecule has 0 radical (unpaired) electrons. The van der Waals surface area contributed by atoms with Crippen molar-refractivity contribution in [2.24, 2.45) is 0 Å². The van der Waals surface area contributed by atoms with E-state index >= 15 is 0 Å². The van der Waals surface area contributed by atoms with E-state index in [1.165, 1.54) is 0 Å². The summed E-state index contributed by atoms with van der Waals surface area (Å²) in [4.78, 5) is 0.311. The molecule has 0 bridgehead atoms. The van der Waals surface area contributed by atoms with Crippen molar-refractivity contribution < 1.29 is 13.2 Å². The Labute approximate surface area is 96.5 Å². The molecule has 4 nitrogen and oxygen atoms in total. The zero-order valence-electron chi connectivity index (χ0n) is 9.94. The predicted molar refractivity (Wildman–Crippen MR) is 64.9 cm³/mol. The molecule has 0 unspecified atom stereocenters. The predicted octanol–water partition coefficient (Wildman–Crippen LogP) is 1.92. The lowest BCUT2D eigenvalue weighted by Crippen LogP contribution is -2.15. The molecule has 0 aliphatic carbocycles. The molecule has 1 rings (SSSR count). The lowest BCUT2D eigenvalue weighted by atomic mass is 10.3. The molecule has 0 saturated carbocycles. The van der Waals surface area contributed by atoms with Gasteiger partial charge in [0, 0.05) is 13.1 Å². The van der Waals surface area contributed by atoms with E-state index < -0.39 is 15.1 Å². The molecule has 0 aliphatic heterocycles. The van der Waals surface area contributed by atoms with Gasteiger partial charge in [0.25, 0.3) is 0 Å². The second-order valence-corrected chi connectivity index (χ2v) is 6.18. The molecule has 0 aliphatic rings. The average Bonchev–Trinajstić information content (AvgIpc) is 2.27. The molecule has 0 saturated heterocycles. The van der Waals surface area contributed by atoms with Gasteiger partial charge >= 0.3 is 0 Å². The number of sulfone groups is 1. The van der Waals surface area contributed by atoms with Gasteiger partial charge in [-0.05, 0) is 26.0 Å². The highest BCUT2D eigenvalue weighted by Crippen LogP contribution is 2.28. The van der Waals surface area contributed by atoms with Crippen molar-refractivity contribution in [1.29, 1.82) is 0 Å². The van der Waals surface area contributed by atoms with Crippen LogP contribution < -0.4 is 10.1 Å². The molecule has 0 heterocycles. The smallest absolute Gasteiger partial charge is 0.182 e. The summed E-state index contributed by atoms with van der Waals surface area (Å²) in [5.74, 6) is 0.632. The molecular weight excluding hydrogens is 226 g/mol. The van der Waals surface area contributed by atoms with Gasteiger partial charge in [0.05, 0.1) is 22.9 Å². The second-order valence-electron chi connectivity index (χ2n) is 3.71. The number of hydrogen-bond acceptors (Lipinski definition) is 4. The summed E-state index contributed by atoms with van der Waals surface area (Å²) in [6, 6.07) is 4.89. The molecule has 0 atom stereocenters. The van der Waals surface area contributed by atoms with Crippen LogP contribution in [0.1, 0.15) is 13.8 Å². The van der Waals surface area contributed by atoms with Gasteiger partial charge < -0.3 is 10.1 Å². The largest absolute Gasteiger partial charge is 0.497 e. The summed E-state index contributed by atoms with van der Waals surface area (Å²) < 4.78 is 29.1. The van der Waals surface area contributed by atoms with E-state index in [9.17, 15) is 8.42 Å². The van der Waals surface area contributed by atoms with Crippen LogP contribution in [0.2, 0.25) is 0 Å². The van der Waals surface area contributed by atoms with Crippen molar-refractivity contribution in [3.05, 3.63) is 18.2 Å². The number of nitrogens with one attached hydrogen (secondary N) is 1. The maximum absolute atomic E-state index is 12.0. The normalized spacial score (nSPS) is 11.6. The number of rotatable bonds is 4. The molecule has 16 heavy (non-hydrogen) atoms. The summed E-state index contributed by atoms with van der Waals surface area (Å²) in [5, 5.41) is 2.44. The standard InChI is InChI=1S/C11H17NO3S/c1-8(2)16(13,14)11-6-5-9(15-4)7-10(11)12-3/h5-8,12H,1-4H3. The van der Waals surface area contributed by atoms with Crippen LogP contribution in [0.5, 0.6) is 5.75 Å². The fourth-order valence-corrected chi connectivity index (χ4v) is 2.57. The maximum Gasteiger partial charge on any atom is 0.182 e. The van der Waals surface area contributed by atoms with Gasteiger partial charge in [-0.25, -0.2) is 8.42 Å². The lowest BCUT2D eigenvalue weighted by Gasteiger charge is -2.13. The van der Waals surface area contributed by atoms with E-state index in [2.05, 4.69) is 5.32 Å². The number of ether oxygens (including phenoxy) is 1. The zero-order chi connectivity index (χ0) is 12.3. The van der Waals surface area contributed by atoms with Gasteiger partial charge in [0.15, 0.2) is 9.84 Å². The van der Waals surface area contributed by atoms with Gasteiger partial charge in [-0.3, -0.25) is 0 Å². The first-order chi connectivity index (χ1) is 7.43. The summed E-state index contributed by atoms with van der Waals surface area (Å²) >= 11 is 0. The number of benzene rings is 1. The monoisotopic (exact) mass is 243 g/mol. The third-order valence-corrected chi connectivity index (χ3v) is 4.59. The molecule has 1 aromatic carbocycles. The van der Waals surface area contributed by atoms with Crippen molar-refractivity contribution in [1.82, 2.24) is 0 Å². The third kappa shape index (κ3) is 2.29. The summed E-state index contributed by atoms with van der Waals surface area (Å²) in [6.07, 6.45) is 0. The third-order valence-electron chi connectivity index (χ3n) is 2.38. The maximum atomic E-state index is 12.0. The minimum absolute atomic E-state index is 0.311. The summed E-state index contributed by atoms with van der Waals surface area (Å²) in [5.41, 5.74) is 0.563. The first kappa shape index (κ1) is 12.8. The summed E-state index contributed by atoms with van der Waals surface area (Å²) in [6.45, 7) is 3.33. The molecule has 90 valence electrons. The first-order valence-electron chi connectivity index (χ1n) is 5.03. The fraction of sp³-hybridized carbons (Fsp3) is 0.455. The minimum Gasteiger partial charge on any atom is -0.497 e. The first-order valence-corrected chi connectivity index (χ1v) is 6.57. The Balaban J connectivity index is 3.35. The summed E-state index contributed by atoms with van der Waals surface area (Å²) in [7, 11) is -0.0271. The molecule has 0 spiro atoms. The van der Waals surface area contributed by atoms with Gasteiger partial charge in [0.2, 0.25) is 0 Å². The van der Waals surface area contributed by atoms with Crippen molar-refractivity contribution in [2.75, 3.05) is 19.5 Å². The zero-order valence-corrected chi connectivity index (χ0v) is 10.8. The van der Waals surface area contributed by atoms with E-state index in [1.54, 1.807) is 46.2 Å². The Morgan fingerprint density at radius 2 is 1.94 bits per heavy atom. The van der Waals surface area contributed by atoms with E-state index in [4.69, 9.17) is 4.74 Å². The molecule has 1 aromatic rings. The Morgan fingerprint density at radius 3 is 2.38 bits per heavy atom. The highest BCUT2D eigenvalue weighted by molar-refractivity contribution is 7.92. The Hall–Kier alpha value is -1.23. The van der Waals surface area contributed by atoms with Crippen LogP contribution in [0.3, 0.4) is 0 Å². The van der Waals surface area contributed by atoms with Crippen LogP contribution in [0, 0.1) is 0 Å². The number of anilines is 1. The van der Waals surface area contributed by atoms with E-state index in [0.29, 0.717) is 16.3 Å². The molecular formula is C11H17NO3S. The van der Waals surface area contributed by atoms with Crippen LogP contribution in [0.25, 0.3) is 0 Å².